The van der Waals surface area contributed by atoms with Gasteiger partial charge in [0.25, 0.3) is 0 Å². The van der Waals surface area contributed by atoms with Gasteiger partial charge in [-0.05, 0) is 35.1 Å². The molecule has 0 radical (unpaired) electrons. The third-order valence-corrected chi connectivity index (χ3v) is 7.30. The Hall–Kier alpha value is -2.09. The molecule has 8 heteroatoms. The predicted octanol–water partition coefficient (Wildman–Crippen LogP) is 2.73. The number of fused-ring (bicyclic) bond motifs is 1. The summed E-state index contributed by atoms with van der Waals surface area (Å²) in [6, 6.07) is 9.13. The fourth-order valence-corrected chi connectivity index (χ4v) is 5.78. The van der Waals surface area contributed by atoms with Crippen molar-refractivity contribution in [1.29, 1.82) is 0 Å². The van der Waals surface area contributed by atoms with Crippen LogP contribution in [-0.4, -0.2) is 35.9 Å². The number of benzene rings is 1. The molecular weight excluding hydrogens is 388 g/mol. The normalized spacial score (nSPS) is 29.6. The minimum Gasteiger partial charge on any atom is -0.480 e. The number of carboxylic acid groups (broad SMARTS) is 1. The molecule has 1 aromatic rings. The zero-order valence-corrected chi connectivity index (χ0v) is 16.2. The summed E-state index contributed by atoms with van der Waals surface area (Å²) in [5.74, 6) is -1.94. The van der Waals surface area contributed by atoms with Crippen LogP contribution in [0.2, 0.25) is 0 Å². The Kier molecular flexibility index (Phi) is 4.21. The number of halogens is 1. The highest BCUT2D eigenvalue weighted by Gasteiger charge is 2.70. The summed E-state index contributed by atoms with van der Waals surface area (Å²) < 4.78 is 29.6. The number of nitrogens with zero attached hydrogens (tertiary/aromatic N) is 1. The van der Waals surface area contributed by atoms with Crippen LogP contribution in [0.4, 0.5) is 0 Å². The van der Waals surface area contributed by atoms with Gasteiger partial charge in [0.2, 0.25) is 0 Å². The Morgan fingerprint density at radius 2 is 2.00 bits per heavy atom. The lowest BCUT2D eigenvalue weighted by atomic mass is 10.0. The van der Waals surface area contributed by atoms with Crippen LogP contribution in [0.25, 0.3) is 0 Å². The van der Waals surface area contributed by atoms with Crippen molar-refractivity contribution in [3.8, 4) is 0 Å². The molecule has 142 valence electrons. The van der Waals surface area contributed by atoms with Gasteiger partial charge in [-0.15, -0.1) is 0 Å². The summed E-state index contributed by atoms with van der Waals surface area (Å²) in [6.07, 6.45) is 5.66. The summed E-state index contributed by atoms with van der Waals surface area (Å²) >= 11 is 6.01. The van der Waals surface area contributed by atoms with E-state index >= 15 is 0 Å². The standard InChI is InChI=1S/C19H19ClN2O4S/c1-12-17(13-5-3-2-4-6-13)19(12,18(23)24)21-27(25,26)22-10-14-7-8-16(20)9-15(14)11-22/h2-6,8-10,12,17,21H,7,11H2,1H3,(H,23,24)/t12-,17-,19+/m1/s1. The third-order valence-electron chi connectivity index (χ3n) is 5.59. The maximum atomic E-state index is 13.0. The van der Waals surface area contributed by atoms with Gasteiger partial charge in [0.15, 0.2) is 0 Å². The Morgan fingerprint density at radius 1 is 1.30 bits per heavy atom. The third kappa shape index (κ3) is 2.90. The van der Waals surface area contributed by atoms with Crippen molar-refractivity contribution in [3.63, 3.8) is 0 Å². The molecule has 0 bridgehead atoms. The average molecular weight is 407 g/mol. The number of carboxylic acids is 1. The lowest BCUT2D eigenvalue weighted by Gasteiger charge is -2.22. The van der Waals surface area contributed by atoms with Gasteiger partial charge in [0.05, 0.1) is 6.54 Å². The van der Waals surface area contributed by atoms with E-state index in [1.54, 1.807) is 19.2 Å². The lowest BCUT2D eigenvalue weighted by molar-refractivity contribution is -0.140. The van der Waals surface area contributed by atoms with E-state index in [2.05, 4.69) is 4.72 Å². The van der Waals surface area contributed by atoms with Gasteiger partial charge in [-0.1, -0.05) is 54.9 Å². The largest absolute Gasteiger partial charge is 0.480 e. The molecule has 6 nitrogen and oxygen atoms in total. The van der Waals surface area contributed by atoms with Crippen molar-refractivity contribution in [1.82, 2.24) is 9.03 Å². The summed E-state index contributed by atoms with van der Waals surface area (Å²) in [5, 5.41) is 10.4. The van der Waals surface area contributed by atoms with E-state index in [1.165, 1.54) is 0 Å². The molecule has 0 amide bonds. The van der Waals surface area contributed by atoms with E-state index in [9.17, 15) is 18.3 Å². The predicted molar refractivity (Wildman–Crippen MR) is 102 cm³/mol. The number of rotatable bonds is 5. The SMILES string of the molecule is C[C@@H]1[C@H](c2ccccc2)[C@]1(NS(=O)(=O)N1C=C2CC=C(Cl)C=C2C1)C(=O)O. The second-order valence-electron chi connectivity index (χ2n) is 7.12. The van der Waals surface area contributed by atoms with Gasteiger partial charge >= 0.3 is 16.2 Å². The van der Waals surface area contributed by atoms with Crippen molar-refractivity contribution < 1.29 is 18.3 Å². The quantitative estimate of drug-likeness (QED) is 0.787. The molecule has 1 aliphatic heterocycles. The molecule has 0 unspecified atom stereocenters. The maximum absolute atomic E-state index is 13.0. The van der Waals surface area contributed by atoms with Crippen LogP contribution in [0.3, 0.4) is 0 Å². The Balaban J connectivity index is 1.61. The van der Waals surface area contributed by atoms with Gasteiger partial charge in [-0.3, -0.25) is 9.10 Å². The summed E-state index contributed by atoms with van der Waals surface area (Å²) in [6.45, 7) is 1.90. The lowest BCUT2D eigenvalue weighted by Crippen LogP contribution is -2.50. The average Bonchev–Trinajstić information content (AvgIpc) is 3.00. The van der Waals surface area contributed by atoms with E-state index < -0.39 is 27.6 Å². The summed E-state index contributed by atoms with van der Waals surface area (Å²) in [7, 11) is -4.03. The van der Waals surface area contributed by atoms with Gasteiger partial charge in [0, 0.05) is 17.2 Å². The fraction of sp³-hybridized carbons (Fsp3) is 0.316. The number of hydrogen-bond donors (Lipinski definition) is 2. The first-order chi connectivity index (χ1) is 12.8. The molecule has 1 heterocycles. The summed E-state index contributed by atoms with van der Waals surface area (Å²) in [5.41, 5.74) is 0.969. The summed E-state index contributed by atoms with van der Waals surface area (Å²) in [4.78, 5) is 12.1. The molecule has 0 spiro atoms. The molecule has 27 heavy (non-hydrogen) atoms. The van der Waals surface area contributed by atoms with Gasteiger partial charge in [-0.25, -0.2) is 0 Å². The molecule has 1 aromatic carbocycles. The first-order valence-corrected chi connectivity index (χ1v) is 10.4. The smallest absolute Gasteiger partial charge is 0.325 e. The van der Waals surface area contributed by atoms with E-state index in [0.29, 0.717) is 11.5 Å². The fourth-order valence-electron chi connectivity index (χ4n) is 4.05. The van der Waals surface area contributed by atoms with Gasteiger partial charge in [-0.2, -0.15) is 13.1 Å². The molecule has 4 rings (SSSR count). The molecular formula is C19H19ClN2O4S. The van der Waals surface area contributed by atoms with E-state index in [1.807, 2.05) is 36.4 Å². The van der Waals surface area contributed by atoms with Gasteiger partial charge in [0.1, 0.15) is 5.54 Å². The Labute approximate surface area is 163 Å². The molecule has 3 atom stereocenters. The molecule has 0 aromatic heterocycles. The van der Waals surface area contributed by atoms with E-state index in [-0.39, 0.29) is 12.5 Å². The molecule has 2 aliphatic carbocycles. The number of hydrogen-bond acceptors (Lipinski definition) is 3. The monoisotopic (exact) mass is 406 g/mol. The van der Waals surface area contributed by atoms with Crippen LogP contribution in [0.15, 0.2) is 64.9 Å². The molecule has 0 saturated heterocycles. The first kappa shape index (κ1) is 18.3. The van der Waals surface area contributed by atoms with Crippen LogP contribution in [0.1, 0.15) is 24.8 Å². The van der Waals surface area contributed by atoms with Crippen LogP contribution >= 0.6 is 11.6 Å². The Bertz CT molecular complexity index is 1000. The van der Waals surface area contributed by atoms with Gasteiger partial charge < -0.3 is 5.11 Å². The molecule has 2 N–H and O–H groups in total. The number of nitrogens with one attached hydrogen (secondary N) is 1. The maximum Gasteiger partial charge on any atom is 0.325 e. The topological polar surface area (TPSA) is 86.7 Å². The minimum absolute atomic E-state index is 0.148. The van der Waals surface area contributed by atoms with Crippen molar-refractivity contribution in [2.24, 2.45) is 5.92 Å². The van der Waals surface area contributed by atoms with Crippen LogP contribution in [0, 0.1) is 5.92 Å². The highest BCUT2D eigenvalue weighted by Crippen LogP contribution is 2.58. The second-order valence-corrected chi connectivity index (χ2v) is 9.18. The highest BCUT2D eigenvalue weighted by atomic mass is 35.5. The molecule has 1 saturated carbocycles. The zero-order valence-electron chi connectivity index (χ0n) is 14.6. The van der Waals surface area contributed by atoms with Crippen molar-refractivity contribution in [2.45, 2.75) is 24.8 Å². The first-order valence-electron chi connectivity index (χ1n) is 8.62. The number of carbonyl (C=O) groups is 1. The van der Waals surface area contributed by atoms with Crippen molar-refractivity contribution in [2.75, 3.05) is 6.54 Å². The molecule has 3 aliphatic rings. The minimum atomic E-state index is -4.03. The van der Waals surface area contributed by atoms with Crippen LogP contribution < -0.4 is 4.72 Å². The number of allylic oxidation sites excluding steroid dienone is 3. The van der Waals surface area contributed by atoms with E-state index in [4.69, 9.17) is 11.6 Å². The van der Waals surface area contributed by atoms with Crippen molar-refractivity contribution in [3.05, 3.63) is 70.4 Å². The second kappa shape index (κ2) is 6.22. The van der Waals surface area contributed by atoms with Crippen LogP contribution in [-0.2, 0) is 15.0 Å². The van der Waals surface area contributed by atoms with E-state index in [0.717, 1.165) is 21.0 Å². The van der Waals surface area contributed by atoms with Crippen molar-refractivity contribution >= 4 is 27.8 Å². The Morgan fingerprint density at radius 3 is 2.67 bits per heavy atom. The van der Waals surface area contributed by atoms with Crippen LogP contribution in [0.5, 0.6) is 0 Å². The highest BCUT2D eigenvalue weighted by molar-refractivity contribution is 7.87. The number of aliphatic carboxylic acids is 1. The molecule has 1 fully saturated rings. The zero-order chi connectivity index (χ0) is 19.4.